The van der Waals surface area contributed by atoms with Crippen molar-refractivity contribution >= 4 is 131 Å². The molecule has 17 aromatic carbocycles. The zero-order valence-corrected chi connectivity index (χ0v) is 58.8. The SMILES string of the molecule is [2H]c1c([2H])c([2H])c(-c2cc3c4c(c2)-c2cc(N(c5ccccc5)c5ccccc5)ccc2B4c2c([2H])c([2H])c([2H])c([2H])c2O3)c([2H])c1[2H].[2H]c1c([2H])c([2H])c(-c2ccc3c(c2)Sc2cccc4c2B3c2cc3c5ccccc5n(-c5c([2H])c([2H])c([2H])c([2H])c5[2H])c3cc2-4)c([2H])c1[2H].[2H]c1c([2H])c([2H])c(Nc2ccc3c(c2)Oc2cccc4c2B3c2c([2H])c([2H])c([2H])c([2H])c2-4)c([2H])c1[2H].[2H]c1cc([2H])c([2H])c([2H])c1[2H]. The number of nitrogens with zero attached hydrogens (tertiary/aromatic N) is 2. The molecule has 0 bridgehead atoms. The molecule has 111 heavy (non-hydrogen) atoms. The summed E-state index contributed by atoms with van der Waals surface area (Å²) in [6, 6.07) is 53.9. The van der Waals surface area contributed by atoms with Gasteiger partial charge in [0.05, 0.1) is 56.3 Å². The Balaban J connectivity index is 0.000000122. The van der Waals surface area contributed by atoms with Crippen LogP contribution in [0.2, 0.25) is 0 Å². The van der Waals surface area contributed by atoms with E-state index in [0.29, 0.717) is 72.6 Å². The molecule has 1 N–H and O–H groups in total. The molecule has 18 aromatic rings. The molecule has 5 nitrogen and oxygen atoms in total. The second-order valence-corrected chi connectivity index (χ2v) is 27.6. The van der Waals surface area contributed by atoms with Crippen molar-refractivity contribution in [3.8, 4) is 84.3 Å². The number of hydrogen-bond acceptors (Lipinski definition) is 5. The Morgan fingerprint density at radius 2 is 0.883 bits per heavy atom. The van der Waals surface area contributed by atoms with E-state index in [-0.39, 0.29) is 180 Å². The second kappa shape index (κ2) is 27.8. The van der Waals surface area contributed by atoms with E-state index in [4.69, 9.17) is 54.7 Å². The molecule has 0 amide bonds. The van der Waals surface area contributed by atoms with Crippen molar-refractivity contribution in [2.45, 2.75) is 9.79 Å². The number of fused-ring (bicyclic) bond motifs is 18. The first-order valence-electron chi connectivity index (χ1n) is 51.9. The van der Waals surface area contributed by atoms with Crippen molar-refractivity contribution in [1.82, 2.24) is 4.57 Å². The Labute approximate surface area is 698 Å². The molecule has 0 aliphatic carbocycles. The Kier molecular flexibility index (Phi) is 10.0. The maximum atomic E-state index is 8.90. The quantitative estimate of drug-likeness (QED) is 0.154. The van der Waals surface area contributed by atoms with Gasteiger partial charge in [-0.25, -0.2) is 0 Å². The van der Waals surface area contributed by atoms with Crippen LogP contribution in [0, 0.1) is 0 Å². The fourth-order valence-corrected chi connectivity index (χ4v) is 17.3. The summed E-state index contributed by atoms with van der Waals surface area (Å²) in [6.45, 7) is -1.16. The van der Waals surface area contributed by atoms with Crippen LogP contribution in [0.5, 0.6) is 23.0 Å². The van der Waals surface area contributed by atoms with Gasteiger partial charge in [0.25, 0.3) is 13.4 Å². The third-order valence-electron chi connectivity index (χ3n) is 20.5. The van der Waals surface area contributed by atoms with Gasteiger partial charge in [-0.3, -0.25) is 0 Å². The summed E-state index contributed by atoms with van der Waals surface area (Å²) in [4.78, 5) is 4.12. The monoisotopic (exact) mass is 1460 g/mol. The summed E-state index contributed by atoms with van der Waals surface area (Å²) in [5, 5.41) is 4.71. The molecule has 518 valence electrons. The van der Waals surface area contributed by atoms with Gasteiger partial charge in [0.1, 0.15) is 23.0 Å². The number of rotatable bonds is 8. The molecule has 6 aliphatic rings. The summed E-state index contributed by atoms with van der Waals surface area (Å²) in [5.41, 5.74) is 17.6. The lowest BCUT2D eigenvalue weighted by molar-refractivity contribution is 0.488. The molecule has 6 aliphatic heterocycles. The van der Waals surface area contributed by atoms with Crippen molar-refractivity contribution in [3.05, 3.63) is 406 Å². The van der Waals surface area contributed by atoms with Gasteiger partial charge in [0.2, 0.25) is 6.71 Å². The number of nitrogens with one attached hydrogen (secondary N) is 1. The highest BCUT2D eigenvalue weighted by Crippen LogP contribution is 2.45. The van der Waals surface area contributed by atoms with Crippen LogP contribution < -0.4 is 68.9 Å². The van der Waals surface area contributed by atoms with Gasteiger partial charge in [-0.05, 0) is 198 Å². The van der Waals surface area contributed by atoms with E-state index < -0.39 is 67.8 Å². The van der Waals surface area contributed by atoms with Gasteiger partial charge in [0.15, 0.2) is 0 Å². The second-order valence-electron chi connectivity index (χ2n) is 26.5. The van der Waals surface area contributed by atoms with Gasteiger partial charge < -0.3 is 24.3 Å². The third kappa shape index (κ3) is 11.5. The summed E-state index contributed by atoms with van der Waals surface area (Å²) < 4.78 is 284. The number of ether oxygens (including phenoxy) is 2. The molecular weight excluding hydrogens is 1360 g/mol. The normalized spacial score (nSPS) is 16.5. The largest absolute Gasteiger partial charge is 0.458 e. The van der Waals surface area contributed by atoms with Crippen LogP contribution in [0.4, 0.5) is 28.4 Å². The molecule has 1 aromatic heterocycles. The van der Waals surface area contributed by atoms with Crippen molar-refractivity contribution in [2.24, 2.45) is 0 Å². The Morgan fingerprint density at radius 1 is 0.288 bits per heavy atom. The van der Waals surface area contributed by atoms with E-state index in [9.17, 15) is 0 Å². The first kappa shape index (κ1) is 39.9. The molecule has 0 spiro atoms. The predicted octanol–water partition coefficient (Wildman–Crippen LogP) is 20.6. The highest BCUT2D eigenvalue weighted by atomic mass is 32.2. The molecule has 0 unspecified atom stereocenters. The fourth-order valence-electron chi connectivity index (χ4n) is 16.1. The number of hydrogen-bond donors (Lipinski definition) is 1. The maximum absolute atomic E-state index is 8.90. The molecular formula is C102H68B3N3O2S. The summed E-state index contributed by atoms with van der Waals surface area (Å²) in [5.74, 6) is 1.30. The molecule has 0 atom stereocenters. The predicted molar refractivity (Wildman–Crippen MR) is 469 cm³/mol. The van der Waals surface area contributed by atoms with E-state index in [2.05, 4.69) is 34.5 Å². The lowest BCUT2D eigenvalue weighted by atomic mass is 9.38. The zero-order chi connectivity index (χ0) is 102. The summed E-state index contributed by atoms with van der Waals surface area (Å²) in [6.07, 6.45) is 0. The Morgan fingerprint density at radius 3 is 1.66 bits per heavy atom. The number of anilines is 5. The lowest BCUT2D eigenvalue weighted by Gasteiger charge is -2.26. The standard InChI is InChI=1S/C36H24BNO.C36H22BNS.C24H16BNO.C6H6/c1-4-12-25(13-5-1)26-22-31-30-24-29(38(27-14-6-2-7-15-27)28-16-8-3-9-17-28)20-21-32(30)37-33-18-10-11-19-34(33)39-35(23-26)36(31)37;1-3-10-23(11-4-1)24-18-19-30-35(20-24)39-34-17-9-15-27-28-22-33-29(21-31(28)37(30)36(27)34)26-14-7-8-16-32(26)38(33)25-12-5-2-6-13-25;1-2-7-16(8-3-1)26-17-13-14-21-23(15-17)27-22-12-6-10-19-18-9-4-5-11-20(18)25(21)24(19)22;1-2-4-6-5-3-1/h1-24H;1-22H;1-15,26H;1-6H/i1D,4D,5D,10D,11D,12D,13D,18D,19D;1D,2D,3D,4D,5D,6D,10D,11D,12D,13D;1D,2D,3D,4D,5D,7D,8D,9D,11D;1D,2D,3D,4D,5D. The number of para-hydroxylation sites is 6. The van der Waals surface area contributed by atoms with Crippen molar-refractivity contribution in [2.75, 3.05) is 10.2 Å². The van der Waals surface area contributed by atoms with Crippen molar-refractivity contribution < 1.29 is 54.7 Å². The molecule has 7 heterocycles. The van der Waals surface area contributed by atoms with Crippen LogP contribution in [-0.4, -0.2) is 24.7 Å². The van der Waals surface area contributed by atoms with Crippen LogP contribution >= 0.6 is 11.8 Å². The van der Waals surface area contributed by atoms with Gasteiger partial charge in [-0.15, -0.1) is 0 Å². The van der Waals surface area contributed by atoms with Gasteiger partial charge in [-0.2, -0.15) is 0 Å². The van der Waals surface area contributed by atoms with Crippen LogP contribution in [0.1, 0.15) is 45.2 Å². The minimum atomic E-state index is -0.583. The Bertz CT molecular complexity index is 8580. The maximum Gasteiger partial charge on any atom is 0.252 e. The van der Waals surface area contributed by atoms with E-state index in [1.54, 1.807) is 58.8 Å². The van der Waals surface area contributed by atoms with Crippen molar-refractivity contribution in [3.63, 3.8) is 0 Å². The first-order valence-corrected chi connectivity index (χ1v) is 36.2. The summed E-state index contributed by atoms with van der Waals surface area (Å²) in [7, 11) is 0. The lowest BCUT2D eigenvalue weighted by Crippen LogP contribution is -2.52. The van der Waals surface area contributed by atoms with Gasteiger partial charge >= 0.3 is 0 Å². The average molecular weight is 1470 g/mol. The molecule has 0 saturated carbocycles. The molecule has 0 saturated heterocycles. The molecule has 9 heteroatoms. The van der Waals surface area contributed by atoms with E-state index >= 15 is 0 Å². The molecule has 24 rings (SSSR count). The van der Waals surface area contributed by atoms with Crippen LogP contribution in [0.15, 0.2) is 415 Å². The summed E-state index contributed by atoms with van der Waals surface area (Å²) >= 11 is 1.59. The van der Waals surface area contributed by atoms with E-state index in [1.807, 2.05) is 133 Å². The smallest absolute Gasteiger partial charge is 0.252 e. The van der Waals surface area contributed by atoms with Crippen molar-refractivity contribution in [1.29, 1.82) is 0 Å². The number of benzene rings is 17. The third-order valence-corrected chi connectivity index (χ3v) is 21.7. The zero-order valence-electron chi connectivity index (χ0n) is 91.0. The minimum Gasteiger partial charge on any atom is -0.458 e. The van der Waals surface area contributed by atoms with Gasteiger partial charge in [0, 0.05) is 60.8 Å². The minimum absolute atomic E-state index is 0.00906. The molecule has 0 fully saturated rings. The number of aromatic nitrogens is 1. The van der Waals surface area contributed by atoms with E-state index in [0.717, 1.165) is 98.7 Å². The molecule has 0 radical (unpaired) electrons. The first-order chi connectivity index (χ1) is 68.7. The average Bonchev–Trinajstić information content (AvgIpc) is 1.55. The Hall–Kier alpha value is -13.7. The fraction of sp³-hybridized carbons (Fsp3) is 0. The highest BCUT2D eigenvalue weighted by Gasteiger charge is 2.44. The topological polar surface area (TPSA) is 38.7 Å². The van der Waals surface area contributed by atoms with Crippen LogP contribution in [-0.2, 0) is 0 Å². The highest BCUT2D eigenvalue weighted by molar-refractivity contribution is 8.00. The van der Waals surface area contributed by atoms with Gasteiger partial charge in [-0.1, -0.05) is 318 Å². The van der Waals surface area contributed by atoms with E-state index in [1.165, 1.54) is 0 Å². The van der Waals surface area contributed by atoms with Crippen LogP contribution in [0.25, 0.3) is 83.1 Å². The van der Waals surface area contributed by atoms with Crippen LogP contribution in [0.3, 0.4) is 0 Å².